The molecule has 11 heteroatoms. The molecule has 0 bridgehead atoms. The highest BCUT2D eigenvalue weighted by Crippen LogP contribution is 2.29. The van der Waals surface area contributed by atoms with Crippen molar-refractivity contribution in [2.45, 2.75) is 30.7 Å². The fourth-order valence-corrected chi connectivity index (χ4v) is 7.31. The van der Waals surface area contributed by atoms with Crippen LogP contribution in [0.2, 0.25) is 0 Å². The van der Waals surface area contributed by atoms with E-state index in [1.54, 1.807) is 36.3 Å². The molecule has 0 spiro atoms. The van der Waals surface area contributed by atoms with Crippen molar-refractivity contribution in [3.05, 3.63) is 45.5 Å². The van der Waals surface area contributed by atoms with Gasteiger partial charge in [0.1, 0.15) is 5.03 Å². The third-order valence-corrected chi connectivity index (χ3v) is 9.15. The van der Waals surface area contributed by atoms with E-state index in [1.807, 2.05) is 20.1 Å². The SMILES string of the molecule is CSc1nc(-c2ccco2)nc(C)c1C(=O)N1CCN(S(=O)(=O)c2cc(C)sc2C)CC1. The van der Waals surface area contributed by atoms with Crippen LogP contribution >= 0.6 is 23.1 Å². The maximum Gasteiger partial charge on any atom is 0.258 e. The number of aryl methyl sites for hydroxylation is 3. The molecule has 1 aliphatic rings. The molecular formula is C21H24N4O4S3. The average Bonchev–Trinajstić information content (AvgIpc) is 3.42. The van der Waals surface area contributed by atoms with Crippen LogP contribution < -0.4 is 0 Å². The third kappa shape index (κ3) is 4.21. The zero-order valence-corrected chi connectivity index (χ0v) is 20.7. The topological polar surface area (TPSA) is 96.6 Å². The minimum Gasteiger partial charge on any atom is -0.461 e. The van der Waals surface area contributed by atoms with Gasteiger partial charge in [-0.1, -0.05) is 0 Å². The van der Waals surface area contributed by atoms with Crippen molar-refractivity contribution in [2.75, 3.05) is 32.4 Å². The summed E-state index contributed by atoms with van der Waals surface area (Å²) in [6.07, 6.45) is 3.42. The molecule has 0 aliphatic carbocycles. The van der Waals surface area contributed by atoms with Crippen molar-refractivity contribution in [1.82, 2.24) is 19.2 Å². The van der Waals surface area contributed by atoms with E-state index in [2.05, 4.69) is 9.97 Å². The second-order valence-corrected chi connectivity index (χ2v) is 11.6. The highest BCUT2D eigenvalue weighted by Gasteiger charge is 2.33. The van der Waals surface area contributed by atoms with Gasteiger partial charge in [0.2, 0.25) is 10.0 Å². The Kier molecular flexibility index (Phi) is 6.44. The molecule has 0 N–H and O–H groups in total. The lowest BCUT2D eigenvalue weighted by molar-refractivity contribution is 0.0692. The Morgan fingerprint density at radius 1 is 1.16 bits per heavy atom. The fraction of sp³-hybridized carbons (Fsp3) is 0.381. The van der Waals surface area contributed by atoms with E-state index in [0.29, 0.717) is 45.9 Å². The summed E-state index contributed by atoms with van der Waals surface area (Å²) in [5.41, 5.74) is 1.02. The van der Waals surface area contributed by atoms with Gasteiger partial charge in [0, 0.05) is 35.9 Å². The Balaban J connectivity index is 1.53. The van der Waals surface area contributed by atoms with Gasteiger partial charge in [-0.05, 0) is 45.2 Å². The van der Waals surface area contributed by atoms with Gasteiger partial charge in [-0.15, -0.1) is 23.1 Å². The third-order valence-electron chi connectivity index (χ3n) is 5.34. The van der Waals surface area contributed by atoms with Crippen LogP contribution in [0, 0.1) is 20.8 Å². The molecular weight excluding hydrogens is 468 g/mol. The molecule has 4 rings (SSSR count). The van der Waals surface area contributed by atoms with Crippen LogP contribution in [-0.2, 0) is 10.0 Å². The van der Waals surface area contributed by atoms with Crippen LogP contribution in [0.5, 0.6) is 0 Å². The van der Waals surface area contributed by atoms with Crippen LogP contribution in [0.3, 0.4) is 0 Å². The van der Waals surface area contributed by atoms with Crippen molar-refractivity contribution >= 4 is 39.0 Å². The molecule has 4 heterocycles. The summed E-state index contributed by atoms with van der Waals surface area (Å²) in [4.78, 5) is 26.1. The number of hydrogen-bond acceptors (Lipinski definition) is 8. The number of sulfonamides is 1. The number of thioether (sulfide) groups is 1. The first kappa shape index (κ1) is 23.0. The number of hydrogen-bond donors (Lipinski definition) is 0. The predicted molar refractivity (Wildman–Crippen MR) is 125 cm³/mol. The predicted octanol–water partition coefficient (Wildman–Crippen LogP) is 3.59. The maximum absolute atomic E-state index is 13.3. The summed E-state index contributed by atoms with van der Waals surface area (Å²) in [6.45, 7) is 6.63. The molecule has 0 saturated carbocycles. The Bertz CT molecular complexity index is 1240. The number of nitrogens with zero attached hydrogens (tertiary/aromatic N) is 4. The number of furan rings is 1. The molecule has 1 fully saturated rings. The highest BCUT2D eigenvalue weighted by molar-refractivity contribution is 7.98. The second-order valence-electron chi connectivity index (χ2n) is 7.47. The largest absolute Gasteiger partial charge is 0.461 e. The van der Waals surface area contributed by atoms with Crippen molar-refractivity contribution in [3.63, 3.8) is 0 Å². The van der Waals surface area contributed by atoms with E-state index >= 15 is 0 Å². The lowest BCUT2D eigenvalue weighted by Gasteiger charge is -2.34. The zero-order valence-electron chi connectivity index (χ0n) is 18.3. The van der Waals surface area contributed by atoms with E-state index in [-0.39, 0.29) is 19.0 Å². The minimum atomic E-state index is -3.57. The van der Waals surface area contributed by atoms with Crippen LogP contribution in [-0.4, -0.2) is 65.9 Å². The Morgan fingerprint density at radius 2 is 1.88 bits per heavy atom. The summed E-state index contributed by atoms with van der Waals surface area (Å²) in [5.74, 6) is 0.795. The molecule has 170 valence electrons. The number of thiophene rings is 1. The van der Waals surface area contributed by atoms with E-state index in [1.165, 1.54) is 27.4 Å². The molecule has 0 unspecified atom stereocenters. The van der Waals surface area contributed by atoms with Crippen molar-refractivity contribution < 1.29 is 17.6 Å². The first-order valence-electron chi connectivity index (χ1n) is 10.1. The van der Waals surface area contributed by atoms with Gasteiger partial charge >= 0.3 is 0 Å². The summed E-state index contributed by atoms with van der Waals surface area (Å²) >= 11 is 2.85. The molecule has 0 atom stereocenters. The first-order chi connectivity index (χ1) is 15.2. The van der Waals surface area contributed by atoms with Crippen LogP contribution in [0.1, 0.15) is 25.8 Å². The zero-order chi connectivity index (χ0) is 23.0. The van der Waals surface area contributed by atoms with Gasteiger partial charge < -0.3 is 9.32 Å². The van der Waals surface area contributed by atoms with Crippen LogP contribution in [0.25, 0.3) is 11.6 Å². The van der Waals surface area contributed by atoms with E-state index in [4.69, 9.17) is 4.42 Å². The van der Waals surface area contributed by atoms with Crippen LogP contribution in [0.4, 0.5) is 0 Å². The van der Waals surface area contributed by atoms with Crippen LogP contribution in [0.15, 0.2) is 38.8 Å². The normalized spacial score (nSPS) is 15.3. The van der Waals surface area contributed by atoms with Gasteiger partial charge in [0.25, 0.3) is 5.91 Å². The summed E-state index contributed by atoms with van der Waals surface area (Å²) in [7, 11) is -3.57. The number of piperazine rings is 1. The number of carbonyl (C=O) groups excluding carboxylic acids is 1. The molecule has 3 aromatic heterocycles. The molecule has 1 saturated heterocycles. The molecule has 0 aromatic carbocycles. The lowest BCUT2D eigenvalue weighted by atomic mass is 10.2. The highest BCUT2D eigenvalue weighted by atomic mass is 32.2. The maximum atomic E-state index is 13.3. The quantitative estimate of drug-likeness (QED) is 0.397. The molecule has 3 aromatic rings. The molecule has 1 amide bonds. The van der Waals surface area contributed by atoms with Crippen molar-refractivity contribution in [2.24, 2.45) is 0 Å². The summed E-state index contributed by atoms with van der Waals surface area (Å²) < 4.78 is 33.0. The van der Waals surface area contributed by atoms with Crippen molar-refractivity contribution in [3.8, 4) is 11.6 Å². The Hall–Kier alpha value is -2.21. The van der Waals surface area contributed by atoms with Gasteiger partial charge in [0.15, 0.2) is 11.6 Å². The fourth-order valence-electron chi connectivity index (χ4n) is 3.75. The Labute approximate surface area is 195 Å². The average molecular weight is 493 g/mol. The molecule has 1 aliphatic heterocycles. The van der Waals surface area contributed by atoms with E-state index in [0.717, 1.165) is 9.75 Å². The van der Waals surface area contributed by atoms with E-state index < -0.39 is 10.0 Å². The molecule has 8 nitrogen and oxygen atoms in total. The summed E-state index contributed by atoms with van der Waals surface area (Å²) in [5, 5.41) is 0.577. The van der Waals surface area contributed by atoms with Gasteiger partial charge in [0.05, 0.1) is 22.4 Å². The molecule has 32 heavy (non-hydrogen) atoms. The van der Waals surface area contributed by atoms with Gasteiger partial charge in [-0.3, -0.25) is 4.79 Å². The number of amides is 1. The monoisotopic (exact) mass is 492 g/mol. The summed E-state index contributed by atoms with van der Waals surface area (Å²) in [6, 6.07) is 5.26. The first-order valence-corrected chi connectivity index (χ1v) is 13.5. The van der Waals surface area contributed by atoms with Crippen molar-refractivity contribution in [1.29, 1.82) is 0 Å². The molecule has 0 radical (unpaired) electrons. The number of aromatic nitrogens is 2. The van der Waals surface area contributed by atoms with E-state index in [9.17, 15) is 13.2 Å². The van der Waals surface area contributed by atoms with Gasteiger partial charge in [-0.25, -0.2) is 18.4 Å². The number of carbonyl (C=O) groups is 1. The minimum absolute atomic E-state index is 0.183. The standard InChI is InChI=1S/C21H24N4O4S3/c1-13-12-17(15(3)31-13)32(27,28)25-9-7-24(8-10-25)21(26)18-14(2)22-19(23-20(18)30-4)16-6-5-11-29-16/h5-6,11-12H,7-10H2,1-4H3. The second kappa shape index (κ2) is 8.97. The smallest absolute Gasteiger partial charge is 0.258 e. The number of rotatable bonds is 5. The Morgan fingerprint density at radius 3 is 2.44 bits per heavy atom. The van der Waals surface area contributed by atoms with Gasteiger partial charge in [-0.2, -0.15) is 4.31 Å². The lowest BCUT2D eigenvalue weighted by Crippen LogP contribution is -2.50.